The molecule has 0 aliphatic carbocycles. The Bertz CT molecular complexity index is 713. The highest BCUT2D eigenvalue weighted by atomic mass is 16.5. The lowest BCUT2D eigenvalue weighted by molar-refractivity contribution is -0.130. The number of benzene rings is 1. The maximum absolute atomic E-state index is 12.4. The Labute approximate surface area is 166 Å². The molecule has 0 bridgehead atoms. The van der Waals surface area contributed by atoms with Crippen LogP contribution in [0.5, 0.6) is 5.75 Å². The van der Waals surface area contributed by atoms with Gasteiger partial charge in [-0.25, -0.2) is 4.79 Å². The highest BCUT2D eigenvalue weighted by Crippen LogP contribution is 2.33. The van der Waals surface area contributed by atoms with Gasteiger partial charge in [-0.2, -0.15) is 0 Å². The van der Waals surface area contributed by atoms with Crippen molar-refractivity contribution < 1.29 is 24.2 Å². The van der Waals surface area contributed by atoms with E-state index in [1.54, 1.807) is 13.0 Å². The number of carbonyl (C=O) groups excluding carboxylic acids is 3. The van der Waals surface area contributed by atoms with Crippen LogP contribution in [0.15, 0.2) is 12.1 Å². The highest BCUT2D eigenvalue weighted by molar-refractivity contribution is 5.95. The van der Waals surface area contributed by atoms with Crippen LogP contribution in [0.3, 0.4) is 0 Å². The number of nitrogens with one attached hydrogen (secondary N) is 2. The van der Waals surface area contributed by atoms with E-state index in [9.17, 15) is 19.5 Å². The van der Waals surface area contributed by atoms with Crippen LogP contribution in [0.1, 0.15) is 81.3 Å². The Hall–Kier alpha value is -2.57. The molecule has 2 amide bonds. The Balaban J connectivity index is 2.80. The van der Waals surface area contributed by atoms with Gasteiger partial charge in [0.2, 0.25) is 5.91 Å². The molecule has 7 heteroatoms. The molecule has 7 nitrogen and oxygen atoms in total. The van der Waals surface area contributed by atoms with Crippen LogP contribution in [-0.2, 0) is 14.3 Å². The van der Waals surface area contributed by atoms with Crippen LogP contribution < -0.4 is 10.6 Å². The third-order valence-electron chi connectivity index (χ3n) is 4.32. The SMILES string of the molecule is CCCNC(=O)[C@@H](C)NC(=O)COC(=O)c1cc(C(C)C)cc(C(C)C)c1O. The van der Waals surface area contributed by atoms with E-state index >= 15 is 0 Å². The molecule has 1 aromatic carbocycles. The molecule has 0 aromatic heterocycles. The van der Waals surface area contributed by atoms with E-state index in [-0.39, 0.29) is 29.1 Å². The van der Waals surface area contributed by atoms with E-state index in [1.165, 1.54) is 0 Å². The zero-order valence-electron chi connectivity index (χ0n) is 17.6. The molecule has 0 aliphatic heterocycles. The second-order valence-corrected chi connectivity index (χ2v) is 7.47. The van der Waals surface area contributed by atoms with Crippen molar-refractivity contribution in [3.63, 3.8) is 0 Å². The predicted molar refractivity (Wildman–Crippen MR) is 107 cm³/mol. The quantitative estimate of drug-likeness (QED) is 0.561. The number of carbonyl (C=O) groups is 3. The lowest BCUT2D eigenvalue weighted by atomic mass is 9.92. The van der Waals surface area contributed by atoms with Gasteiger partial charge in [0, 0.05) is 6.54 Å². The van der Waals surface area contributed by atoms with Gasteiger partial charge in [0.15, 0.2) is 6.61 Å². The van der Waals surface area contributed by atoms with Gasteiger partial charge in [-0.05, 0) is 42.4 Å². The number of rotatable bonds is 9. The number of phenolic OH excluding ortho intramolecular Hbond substituents is 1. The number of hydrogen-bond donors (Lipinski definition) is 3. The standard InChI is InChI=1S/C21H32N2O5/c1-7-8-22-20(26)14(6)23-18(24)11-28-21(27)17-10-15(12(2)3)9-16(13(4)5)19(17)25/h9-10,12-14,25H,7-8,11H2,1-6H3,(H,22,26)(H,23,24)/t14-/m1/s1. The van der Waals surface area contributed by atoms with Gasteiger partial charge < -0.3 is 20.5 Å². The molecule has 0 unspecified atom stereocenters. The molecule has 1 rings (SSSR count). The van der Waals surface area contributed by atoms with E-state index < -0.39 is 24.5 Å². The summed E-state index contributed by atoms with van der Waals surface area (Å²) in [7, 11) is 0. The fraction of sp³-hybridized carbons (Fsp3) is 0.571. The van der Waals surface area contributed by atoms with Crippen molar-refractivity contribution in [1.82, 2.24) is 10.6 Å². The Morgan fingerprint density at radius 3 is 2.25 bits per heavy atom. The summed E-state index contributed by atoms with van der Waals surface area (Å²) in [6, 6.07) is 2.74. The molecule has 156 valence electrons. The van der Waals surface area contributed by atoms with Crippen molar-refractivity contribution >= 4 is 17.8 Å². The largest absolute Gasteiger partial charge is 0.507 e. The van der Waals surface area contributed by atoms with E-state index in [0.29, 0.717) is 12.1 Å². The minimum absolute atomic E-state index is 0.0241. The topological polar surface area (TPSA) is 105 Å². The van der Waals surface area contributed by atoms with Gasteiger partial charge in [0.25, 0.3) is 5.91 Å². The van der Waals surface area contributed by atoms with Crippen molar-refractivity contribution in [3.05, 3.63) is 28.8 Å². The van der Waals surface area contributed by atoms with Crippen LogP contribution in [0.25, 0.3) is 0 Å². The summed E-state index contributed by atoms with van der Waals surface area (Å²) in [5.41, 5.74) is 1.60. The lowest BCUT2D eigenvalue weighted by Crippen LogP contribution is -2.46. The highest BCUT2D eigenvalue weighted by Gasteiger charge is 2.22. The first-order chi connectivity index (χ1) is 13.1. The summed E-state index contributed by atoms with van der Waals surface area (Å²) in [5, 5.41) is 15.6. The van der Waals surface area contributed by atoms with E-state index in [0.717, 1.165) is 12.0 Å². The van der Waals surface area contributed by atoms with Crippen LogP contribution >= 0.6 is 0 Å². The average Bonchev–Trinajstić information content (AvgIpc) is 2.63. The van der Waals surface area contributed by atoms with Gasteiger partial charge in [-0.3, -0.25) is 9.59 Å². The maximum Gasteiger partial charge on any atom is 0.342 e. The molecule has 0 fully saturated rings. The monoisotopic (exact) mass is 392 g/mol. The molecule has 1 atom stereocenters. The summed E-state index contributed by atoms with van der Waals surface area (Å²) in [4.78, 5) is 36.2. The second kappa shape index (κ2) is 10.7. The molecule has 0 saturated carbocycles. The normalized spacial score (nSPS) is 12.0. The number of amides is 2. The average molecular weight is 392 g/mol. The predicted octanol–water partition coefficient (Wildman–Crippen LogP) is 2.83. The molecule has 0 spiro atoms. The minimum atomic E-state index is -0.778. The molecular formula is C21H32N2O5. The molecule has 1 aromatic rings. The molecule has 0 radical (unpaired) electrons. The maximum atomic E-state index is 12.4. The first-order valence-corrected chi connectivity index (χ1v) is 9.69. The van der Waals surface area contributed by atoms with Crippen LogP contribution in [0.2, 0.25) is 0 Å². The first kappa shape index (κ1) is 23.5. The molecule has 0 heterocycles. The number of ether oxygens (including phenoxy) is 1. The molecule has 0 aliphatic rings. The fourth-order valence-electron chi connectivity index (χ4n) is 2.57. The van der Waals surface area contributed by atoms with Gasteiger partial charge >= 0.3 is 5.97 Å². The van der Waals surface area contributed by atoms with Crippen molar-refractivity contribution in [1.29, 1.82) is 0 Å². The van der Waals surface area contributed by atoms with E-state index in [2.05, 4.69) is 10.6 Å². The molecule has 28 heavy (non-hydrogen) atoms. The fourth-order valence-corrected chi connectivity index (χ4v) is 2.57. The third-order valence-corrected chi connectivity index (χ3v) is 4.32. The molecule has 3 N–H and O–H groups in total. The molecule has 0 saturated heterocycles. The zero-order valence-corrected chi connectivity index (χ0v) is 17.6. The Morgan fingerprint density at radius 2 is 1.71 bits per heavy atom. The summed E-state index contributed by atoms with van der Waals surface area (Å²) >= 11 is 0. The lowest BCUT2D eigenvalue weighted by Gasteiger charge is -2.17. The van der Waals surface area contributed by atoms with Crippen LogP contribution in [-0.4, -0.2) is 42.1 Å². The minimum Gasteiger partial charge on any atom is -0.507 e. The Kier molecular flexibility index (Phi) is 8.96. The van der Waals surface area contributed by atoms with Gasteiger partial charge in [-0.15, -0.1) is 0 Å². The first-order valence-electron chi connectivity index (χ1n) is 9.69. The Morgan fingerprint density at radius 1 is 1.07 bits per heavy atom. The summed E-state index contributed by atoms with van der Waals surface area (Å²) in [5.74, 6) is -1.61. The molecular weight excluding hydrogens is 360 g/mol. The van der Waals surface area contributed by atoms with Crippen molar-refractivity contribution in [3.8, 4) is 5.75 Å². The van der Waals surface area contributed by atoms with Crippen LogP contribution in [0, 0.1) is 0 Å². The summed E-state index contributed by atoms with van der Waals surface area (Å²) in [6.07, 6.45) is 0.793. The number of esters is 1. The summed E-state index contributed by atoms with van der Waals surface area (Å²) in [6.45, 7) is 11.3. The second-order valence-electron chi connectivity index (χ2n) is 7.47. The zero-order chi connectivity index (χ0) is 21.4. The van der Waals surface area contributed by atoms with Crippen molar-refractivity contribution in [2.45, 2.75) is 65.8 Å². The van der Waals surface area contributed by atoms with E-state index in [1.807, 2.05) is 40.7 Å². The number of phenols is 1. The van der Waals surface area contributed by atoms with Gasteiger partial charge in [0.1, 0.15) is 17.4 Å². The van der Waals surface area contributed by atoms with Gasteiger partial charge in [-0.1, -0.05) is 40.7 Å². The van der Waals surface area contributed by atoms with E-state index in [4.69, 9.17) is 4.74 Å². The summed E-state index contributed by atoms with van der Waals surface area (Å²) < 4.78 is 5.06. The number of aromatic hydroxyl groups is 1. The third kappa shape index (κ3) is 6.55. The van der Waals surface area contributed by atoms with Gasteiger partial charge in [0.05, 0.1) is 0 Å². The van der Waals surface area contributed by atoms with Crippen molar-refractivity contribution in [2.75, 3.05) is 13.2 Å². The van der Waals surface area contributed by atoms with Crippen molar-refractivity contribution in [2.24, 2.45) is 0 Å². The van der Waals surface area contributed by atoms with Crippen LogP contribution in [0.4, 0.5) is 0 Å². The smallest absolute Gasteiger partial charge is 0.342 e. The number of hydrogen-bond acceptors (Lipinski definition) is 5.